The molecule has 0 unspecified atom stereocenters. The Morgan fingerprint density at radius 1 is 0.824 bits per heavy atom. The van der Waals surface area contributed by atoms with Crippen LogP contribution in [-0.4, -0.2) is 70.4 Å². The molecule has 0 saturated carbocycles. The summed E-state index contributed by atoms with van der Waals surface area (Å²) in [5.74, 6) is 2.28. The van der Waals surface area contributed by atoms with Crippen molar-refractivity contribution in [3.8, 4) is 28.5 Å². The van der Waals surface area contributed by atoms with Crippen LogP contribution in [0, 0.1) is 6.92 Å². The molecule has 4 rings (SSSR count). The third-order valence-electron chi connectivity index (χ3n) is 5.80. The first-order valence-electron chi connectivity index (χ1n) is 10.8. The minimum atomic E-state index is -3.52. The van der Waals surface area contributed by atoms with E-state index in [4.69, 9.17) is 14.2 Å². The first-order valence-corrected chi connectivity index (χ1v) is 12.3. The fourth-order valence-electron chi connectivity index (χ4n) is 3.96. The van der Waals surface area contributed by atoms with Gasteiger partial charge >= 0.3 is 0 Å². The van der Waals surface area contributed by atoms with Crippen LogP contribution in [0.3, 0.4) is 0 Å². The Bertz CT molecular complexity index is 1230. The van der Waals surface area contributed by atoms with E-state index in [1.165, 1.54) is 4.31 Å². The van der Waals surface area contributed by atoms with Crippen molar-refractivity contribution in [1.82, 2.24) is 14.5 Å². The van der Waals surface area contributed by atoms with Crippen LogP contribution in [0.25, 0.3) is 11.3 Å². The summed E-state index contributed by atoms with van der Waals surface area (Å²) in [6.07, 6.45) is 0. The zero-order valence-corrected chi connectivity index (χ0v) is 20.5. The number of ether oxygens (including phenoxy) is 3. The fraction of sp³-hybridized carbons (Fsp3) is 0.333. The lowest BCUT2D eigenvalue weighted by molar-refractivity contribution is 0.324. The van der Waals surface area contributed by atoms with Crippen LogP contribution >= 0.6 is 0 Å². The molecular formula is C24H28N4O5S. The van der Waals surface area contributed by atoms with Crippen molar-refractivity contribution >= 4 is 15.8 Å². The molecule has 3 aromatic rings. The number of methoxy groups -OCH3 is 3. The molecule has 1 fully saturated rings. The van der Waals surface area contributed by atoms with Gasteiger partial charge in [0.25, 0.3) is 0 Å². The molecule has 0 amide bonds. The summed E-state index contributed by atoms with van der Waals surface area (Å²) >= 11 is 0. The first kappa shape index (κ1) is 23.8. The Kier molecular flexibility index (Phi) is 6.90. The molecule has 9 nitrogen and oxygen atoms in total. The summed E-state index contributed by atoms with van der Waals surface area (Å²) < 4.78 is 43.7. The lowest BCUT2D eigenvalue weighted by atomic mass is 10.1. The number of hydrogen-bond donors (Lipinski definition) is 0. The number of nitrogens with zero attached hydrogens (tertiary/aromatic N) is 4. The van der Waals surface area contributed by atoms with Gasteiger partial charge in [-0.1, -0.05) is 12.1 Å². The van der Waals surface area contributed by atoms with E-state index in [0.29, 0.717) is 59.8 Å². The summed E-state index contributed by atoms with van der Waals surface area (Å²) in [6.45, 7) is 3.71. The lowest BCUT2D eigenvalue weighted by Crippen LogP contribution is -2.49. The van der Waals surface area contributed by atoms with Gasteiger partial charge in [-0.15, -0.1) is 10.2 Å². The largest absolute Gasteiger partial charge is 0.493 e. The van der Waals surface area contributed by atoms with Gasteiger partial charge in [0.05, 0.1) is 31.9 Å². The second-order valence-electron chi connectivity index (χ2n) is 7.90. The fourth-order valence-corrected chi connectivity index (χ4v) is 5.49. The van der Waals surface area contributed by atoms with E-state index in [1.807, 2.05) is 42.2 Å². The quantitative estimate of drug-likeness (QED) is 0.505. The van der Waals surface area contributed by atoms with Gasteiger partial charge in [0.15, 0.2) is 17.3 Å². The van der Waals surface area contributed by atoms with Crippen LogP contribution in [0.5, 0.6) is 17.2 Å². The van der Waals surface area contributed by atoms with Gasteiger partial charge in [0.2, 0.25) is 15.8 Å². The average molecular weight is 485 g/mol. The van der Waals surface area contributed by atoms with Crippen molar-refractivity contribution in [2.24, 2.45) is 0 Å². The molecule has 0 radical (unpaired) electrons. The summed E-state index contributed by atoms with van der Waals surface area (Å²) in [5, 5.41) is 8.76. The molecule has 2 aromatic carbocycles. The van der Waals surface area contributed by atoms with Crippen LogP contribution in [-0.2, 0) is 10.0 Å². The van der Waals surface area contributed by atoms with Gasteiger partial charge in [0, 0.05) is 31.7 Å². The van der Waals surface area contributed by atoms with E-state index in [2.05, 4.69) is 10.2 Å². The smallest absolute Gasteiger partial charge is 0.243 e. The van der Waals surface area contributed by atoms with Crippen molar-refractivity contribution in [2.75, 3.05) is 52.4 Å². The van der Waals surface area contributed by atoms with E-state index < -0.39 is 10.0 Å². The Morgan fingerprint density at radius 2 is 1.50 bits per heavy atom. The summed E-state index contributed by atoms with van der Waals surface area (Å²) in [4.78, 5) is 2.37. The Hall–Kier alpha value is -3.37. The highest BCUT2D eigenvalue weighted by Gasteiger charge is 2.29. The predicted molar refractivity (Wildman–Crippen MR) is 129 cm³/mol. The summed E-state index contributed by atoms with van der Waals surface area (Å²) in [5.41, 5.74) is 2.36. The van der Waals surface area contributed by atoms with Gasteiger partial charge < -0.3 is 19.1 Å². The van der Waals surface area contributed by atoms with Gasteiger partial charge in [-0.25, -0.2) is 8.42 Å². The summed E-state index contributed by atoms with van der Waals surface area (Å²) in [7, 11) is 1.17. The molecule has 1 saturated heterocycles. The van der Waals surface area contributed by atoms with Crippen molar-refractivity contribution < 1.29 is 22.6 Å². The van der Waals surface area contributed by atoms with Crippen molar-refractivity contribution in [3.05, 3.63) is 54.1 Å². The van der Waals surface area contributed by atoms with Gasteiger partial charge in [-0.05, 0) is 48.9 Å². The highest BCUT2D eigenvalue weighted by molar-refractivity contribution is 7.89. The molecule has 10 heteroatoms. The normalized spacial score (nSPS) is 14.6. The first-order chi connectivity index (χ1) is 16.4. The molecule has 34 heavy (non-hydrogen) atoms. The van der Waals surface area contributed by atoms with E-state index in [0.717, 1.165) is 11.1 Å². The molecule has 180 valence electrons. The SMILES string of the molecule is COc1cc(-c2ccc(N3CCN(S(=O)(=O)c4cccc(C)c4)CC3)nn2)cc(OC)c1OC. The van der Waals surface area contributed by atoms with Gasteiger partial charge in [-0.3, -0.25) is 0 Å². The highest BCUT2D eigenvalue weighted by atomic mass is 32.2. The van der Waals surface area contributed by atoms with Crippen LogP contribution in [0.4, 0.5) is 5.82 Å². The molecule has 0 aliphatic carbocycles. The number of rotatable bonds is 7. The number of benzene rings is 2. The van der Waals surface area contributed by atoms with Crippen molar-refractivity contribution in [3.63, 3.8) is 0 Å². The second kappa shape index (κ2) is 9.86. The molecule has 1 aliphatic rings. The Morgan fingerprint density at radius 3 is 2.03 bits per heavy atom. The molecule has 1 aromatic heterocycles. The Balaban J connectivity index is 1.48. The van der Waals surface area contributed by atoms with Crippen LogP contribution < -0.4 is 19.1 Å². The summed E-state index contributed by atoms with van der Waals surface area (Å²) in [6, 6.07) is 14.4. The molecular weight excluding hydrogens is 456 g/mol. The minimum Gasteiger partial charge on any atom is -0.493 e. The molecule has 2 heterocycles. The van der Waals surface area contributed by atoms with E-state index in [-0.39, 0.29) is 0 Å². The molecule has 0 spiro atoms. The number of aromatic nitrogens is 2. The van der Waals surface area contributed by atoms with E-state index in [9.17, 15) is 8.42 Å². The third-order valence-corrected chi connectivity index (χ3v) is 7.70. The zero-order valence-electron chi connectivity index (χ0n) is 19.7. The van der Waals surface area contributed by atoms with Crippen molar-refractivity contribution in [1.29, 1.82) is 0 Å². The monoisotopic (exact) mass is 484 g/mol. The highest BCUT2D eigenvalue weighted by Crippen LogP contribution is 2.40. The predicted octanol–water partition coefficient (Wildman–Crippen LogP) is 2.99. The number of hydrogen-bond acceptors (Lipinski definition) is 8. The van der Waals surface area contributed by atoms with Crippen LogP contribution in [0.2, 0.25) is 0 Å². The maximum absolute atomic E-state index is 13.0. The van der Waals surface area contributed by atoms with E-state index >= 15 is 0 Å². The second-order valence-corrected chi connectivity index (χ2v) is 9.84. The molecule has 1 aliphatic heterocycles. The standard InChI is InChI=1S/C24H28N4O5S/c1-17-6-5-7-19(14-17)34(29,30)28-12-10-27(11-13-28)23-9-8-20(25-26-23)18-15-21(31-2)24(33-4)22(16-18)32-3/h5-9,14-16H,10-13H2,1-4H3. The maximum Gasteiger partial charge on any atom is 0.243 e. The number of aryl methyl sites for hydroxylation is 1. The van der Waals surface area contributed by atoms with Gasteiger partial charge in [0.1, 0.15) is 0 Å². The Labute approximate surface area is 199 Å². The van der Waals surface area contributed by atoms with Crippen LogP contribution in [0.15, 0.2) is 53.4 Å². The average Bonchev–Trinajstić information content (AvgIpc) is 2.88. The lowest BCUT2D eigenvalue weighted by Gasteiger charge is -2.34. The third kappa shape index (κ3) is 4.64. The van der Waals surface area contributed by atoms with Gasteiger partial charge in [-0.2, -0.15) is 4.31 Å². The molecule has 0 bridgehead atoms. The molecule has 0 atom stereocenters. The number of anilines is 1. The van der Waals surface area contributed by atoms with Crippen molar-refractivity contribution in [2.45, 2.75) is 11.8 Å². The number of piperazine rings is 1. The number of sulfonamides is 1. The zero-order chi connectivity index (χ0) is 24.3. The van der Waals surface area contributed by atoms with E-state index in [1.54, 1.807) is 39.5 Å². The topological polar surface area (TPSA) is 94.1 Å². The maximum atomic E-state index is 13.0. The minimum absolute atomic E-state index is 0.329. The molecule has 0 N–H and O–H groups in total. The van der Waals surface area contributed by atoms with Crippen LogP contribution in [0.1, 0.15) is 5.56 Å².